The largest absolute Gasteiger partial charge is 0.428 e. The van der Waals surface area contributed by atoms with Crippen LogP contribution in [0.2, 0.25) is 0 Å². The first-order chi connectivity index (χ1) is 19.7. The number of benzene rings is 2. The lowest BCUT2D eigenvalue weighted by atomic mass is 9.98. The van der Waals surface area contributed by atoms with Crippen LogP contribution < -0.4 is 21.1 Å². The highest BCUT2D eigenvalue weighted by atomic mass is 32.2. The number of nitrogen functional groups attached to an aromatic ring is 1. The fourth-order valence-electron chi connectivity index (χ4n) is 3.51. The highest BCUT2D eigenvalue weighted by Gasteiger charge is 2.24. The summed E-state index contributed by atoms with van der Waals surface area (Å²) in [6.07, 6.45) is -0.0829. The van der Waals surface area contributed by atoms with Gasteiger partial charge in [0.05, 0.1) is 16.7 Å². The maximum Gasteiger partial charge on any atom is 0.314 e. The average molecular weight is 604 g/mol. The third kappa shape index (κ3) is 10.3. The number of carbonyl (C=O) groups is 4. The molecule has 42 heavy (non-hydrogen) atoms. The number of hydrogen-bond acceptors (Lipinski definition) is 9. The molecule has 2 aromatic rings. The number of carbonyl (C=O) groups excluding carboxylic acids is 4. The summed E-state index contributed by atoms with van der Waals surface area (Å²) >= 11 is 0. The van der Waals surface area contributed by atoms with Crippen molar-refractivity contribution in [3.8, 4) is 0 Å². The number of nitrogens with one attached hydrogen (secondary N) is 4. The molecular weight excluding hydrogens is 566 g/mol. The van der Waals surface area contributed by atoms with Gasteiger partial charge < -0.3 is 25.8 Å². The molecule has 0 saturated carbocycles. The van der Waals surface area contributed by atoms with Crippen LogP contribution in [0.3, 0.4) is 0 Å². The van der Waals surface area contributed by atoms with Crippen molar-refractivity contribution in [1.82, 2.24) is 10.0 Å². The minimum absolute atomic E-state index is 0.0334. The zero-order chi connectivity index (χ0) is 31.5. The summed E-state index contributed by atoms with van der Waals surface area (Å²) < 4.78 is 38.0. The Morgan fingerprint density at radius 3 is 2.17 bits per heavy atom. The molecule has 2 amide bonds. The van der Waals surface area contributed by atoms with E-state index in [4.69, 9.17) is 20.6 Å². The number of amidine groups is 1. The van der Waals surface area contributed by atoms with Gasteiger partial charge in [-0.2, -0.15) is 0 Å². The molecule has 0 aliphatic heterocycles. The molecule has 14 heteroatoms. The molecule has 0 radical (unpaired) electrons. The minimum atomic E-state index is -4.05. The maximum atomic E-state index is 13.0. The maximum absolute atomic E-state index is 13.0. The normalized spacial score (nSPS) is 11.3. The first kappa shape index (κ1) is 33.9. The second kappa shape index (κ2) is 15.1. The predicted octanol–water partition coefficient (Wildman–Crippen LogP) is 2.05. The summed E-state index contributed by atoms with van der Waals surface area (Å²) in [4.78, 5) is 48.4. The Morgan fingerprint density at radius 1 is 0.929 bits per heavy atom. The van der Waals surface area contributed by atoms with Gasteiger partial charge in [0.15, 0.2) is 0 Å². The fourth-order valence-corrected chi connectivity index (χ4v) is 4.87. The lowest BCUT2D eigenvalue weighted by Crippen LogP contribution is -2.29. The van der Waals surface area contributed by atoms with Gasteiger partial charge >= 0.3 is 11.9 Å². The van der Waals surface area contributed by atoms with Crippen molar-refractivity contribution in [3.05, 3.63) is 59.2 Å². The van der Waals surface area contributed by atoms with E-state index in [0.29, 0.717) is 22.4 Å². The first-order valence-electron chi connectivity index (χ1n) is 13.1. The standard InChI is InChI=1S/C28H37N5O8S/c1-5-20-21(33-23(34)13-15-31-26(36)19-11-9-18(10-12-19)25(29)30)7-6-8-22(20)42(38,39)32-16-14-24(35)40-17-41-27(37)28(2,3)4/h6-12,32H,5,13-17H2,1-4H3,(H3,29,30)(H,31,36)(H,33,34). The number of nitrogens with two attached hydrogens (primary N) is 1. The summed E-state index contributed by atoms with van der Waals surface area (Å²) in [5, 5.41) is 12.7. The molecular formula is C28H37N5O8S. The van der Waals surface area contributed by atoms with Gasteiger partial charge in [-0.05, 0) is 57.0 Å². The highest BCUT2D eigenvalue weighted by Crippen LogP contribution is 2.25. The van der Waals surface area contributed by atoms with E-state index in [1.54, 1.807) is 45.9 Å². The van der Waals surface area contributed by atoms with Crippen LogP contribution in [0.1, 0.15) is 62.0 Å². The van der Waals surface area contributed by atoms with Gasteiger partial charge in [0.25, 0.3) is 5.91 Å². The van der Waals surface area contributed by atoms with Crippen LogP contribution in [0, 0.1) is 10.8 Å². The van der Waals surface area contributed by atoms with Gasteiger partial charge in [-0.3, -0.25) is 24.6 Å². The van der Waals surface area contributed by atoms with E-state index in [0.717, 1.165) is 0 Å². The van der Waals surface area contributed by atoms with Gasteiger partial charge in [-0.25, -0.2) is 13.1 Å². The van der Waals surface area contributed by atoms with Gasteiger partial charge in [0, 0.05) is 36.3 Å². The van der Waals surface area contributed by atoms with Crippen molar-refractivity contribution in [2.75, 3.05) is 25.2 Å². The lowest BCUT2D eigenvalue weighted by Gasteiger charge is -2.16. The van der Waals surface area contributed by atoms with Crippen molar-refractivity contribution >= 4 is 45.3 Å². The molecule has 0 bridgehead atoms. The van der Waals surface area contributed by atoms with Crippen LogP contribution in [0.25, 0.3) is 0 Å². The number of amides is 2. The zero-order valence-electron chi connectivity index (χ0n) is 24.0. The van der Waals surface area contributed by atoms with E-state index < -0.39 is 46.0 Å². The fraction of sp³-hybridized carbons (Fsp3) is 0.393. The molecule has 0 aliphatic carbocycles. The number of sulfonamides is 1. The van der Waals surface area contributed by atoms with Crippen LogP contribution in [0.4, 0.5) is 5.69 Å². The van der Waals surface area contributed by atoms with E-state index in [1.807, 2.05) is 0 Å². The second-order valence-corrected chi connectivity index (χ2v) is 11.9. The predicted molar refractivity (Wildman–Crippen MR) is 155 cm³/mol. The molecule has 0 atom stereocenters. The molecule has 0 aliphatic rings. The number of anilines is 1. The van der Waals surface area contributed by atoms with Crippen LogP contribution >= 0.6 is 0 Å². The molecule has 2 aromatic carbocycles. The molecule has 228 valence electrons. The molecule has 13 nitrogen and oxygen atoms in total. The molecule has 2 rings (SSSR count). The van der Waals surface area contributed by atoms with E-state index in [-0.39, 0.29) is 43.1 Å². The lowest BCUT2D eigenvalue weighted by molar-refractivity contribution is -0.173. The van der Waals surface area contributed by atoms with Crippen molar-refractivity contribution in [2.24, 2.45) is 11.1 Å². The first-order valence-corrected chi connectivity index (χ1v) is 14.6. The number of rotatable bonds is 14. The molecule has 6 N–H and O–H groups in total. The Bertz CT molecular complexity index is 1420. The summed E-state index contributed by atoms with van der Waals surface area (Å²) in [5.74, 6) is -2.25. The van der Waals surface area contributed by atoms with Crippen LogP contribution in [0.5, 0.6) is 0 Å². The molecule has 0 saturated heterocycles. The van der Waals surface area contributed by atoms with Crippen LogP contribution in [0.15, 0.2) is 47.4 Å². The number of ether oxygens (including phenoxy) is 2. The van der Waals surface area contributed by atoms with Crippen LogP contribution in [-0.4, -0.2) is 57.9 Å². The Hall–Kier alpha value is -4.30. The number of esters is 2. The van der Waals surface area contributed by atoms with Gasteiger partial charge in [-0.1, -0.05) is 25.1 Å². The third-order valence-electron chi connectivity index (χ3n) is 5.79. The molecule has 0 heterocycles. The van der Waals surface area contributed by atoms with Gasteiger partial charge in [0.1, 0.15) is 5.84 Å². The third-order valence-corrected chi connectivity index (χ3v) is 7.34. The average Bonchev–Trinajstić information content (AvgIpc) is 2.92. The summed E-state index contributed by atoms with van der Waals surface area (Å²) in [7, 11) is -4.05. The summed E-state index contributed by atoms with van der Waals surface area (Å²) in [6, 6.07) is 10.6. The van der Waals surface area contributed by atoms with Crippen LogP contribution in [-0.2, 0) is 40.3 Å². The monoisotopic (exact) mass is 603 g/mol. The molecule has 0 fully saturated rings. The topological polar surface area (TPSA) is 207 Å². The van der Waals surface area contributed by atoms with E-state index in [9.17, 15) is 27.6 Å². The Morgan fingerprint density at radius 2 is 1.57 bits per heavy atom. The minimum Gasteiger partial charge on any atom is -0.428 e. The van der Waals surface area contributed by atoms with Crippen molar-refractivity contribution in [3.63, 3.8) is 0 Å². The zero-order valence-corrected chi connectivity index (χ0v) is 24.9. The smallest absolute Gasteiger partial charge is 0.314 e. The summed E-state index contributed by atoms with van der Waals surface area (Å²) in [5.41, 5.74) is 6.15. The Balaban J connectivity index is 1.90. The molecule has 0 unspecified atom stereocenters. The quantitative estimate of drug-likeness (QED) is 0.0925. The van der Waals surface area contributed by atoms with Crippen molar-refractivity contribution in [1.29, 1.82) is 5.41 Å². The van der Waals surface area contributed by atoms with Gasteiger partial charge in [0.2, 0.25) is 22.7 Å². The number of hydrogen-bond donors (Lipinski definition) is 5. The Labute approximate surface area is 245 Å². The molecule has 0 aromatic heterocycles. The molecule has 0 spiro atoms. The van der Waals surface area contributed by atoms with E-state index in [1.165, 1.54) is 24.3 Å². The SMILES string of the molecule is CCc1c(NC(=O)CCNC(=O)c2ccc(C(=N)N)cc2)cccc1S(=O)(=O)NCCC(=O)OCOC(=O)C(C)(C)C. The van der Waals surface area contributed by atoms with Crippen molar-refractivity contribution in [2.45, 2.75) is 51.9 Å². The van der Waals surface area contributed by atoms with E-state index in [2.05, 4.69) is 15.4 Å². The van der Waals surface area contributed by atoms with Gasteiger partial charge in [-0.15, -0.1) is 0 Å². The van der Waals surface area contributed by atoms with Crippen molar-refractivity contribution < 1.29 is 37.1 Å². The Kier molecular flexibility index (Phi) is 12.2. The van der Waals surface area contributed by atoms with E-state index >= 15 is 0 Å². The second-order valence-electron chi connectivity index (χ2n) is 10.1. The highest BCUT2D eigenvalue weighted by molar-refractivity contribution is 7.89. The summed E-state index contributed by atoms with van der Waals surface area (Å²) in [6.45, 7) is 5.89.